The number of hydrogen-bond donors (Lipinski definition) is 0. The number of nitro groups is 1. The molecule has 0 radical (unpaired) electrons. The molecular formula is C27H30N2O4. The van der Waals surface area contributed by atoms with Crippen LogP contribution in [0, 0.1) is 33.3 Å². The summed E-state index contributed by atoms with van der Waals surface area (Å²) < 4.78 is 12.1. The first-order valence-electron chi connectivity index (χ1n) is 12.1. The maximum absolute atomic E-state index is 11.0. The number of hydrogen-bond acceptors (Lipinski definition) is 5. The summed E-state index contributed by atoms with van der Waals surface area (Å²) in [4.78, 5) is 15.4. The predicted octanol–water partition coefficient (Wildman–Crippen LogP) is 5.53. The summed E-state index contributed by atoms with van der Waals surface area (Å²) in [6.07, 6.45) is 6.09. The maximum atomic E-state index is 11.0. The first-order valence-corrected chi connectivity index (χ1v) is 12.1. The lowest BCUT2D eigenvalue weighted by Crippen LogP contribution is -2.47. The number of nitro benzene ring substituents is 1. The zero-order valence-electron chi connectivity index (χ0n) is 19.2. The molecule has 6 rings (SSSR count). The Kier molecular flexibility index (Phi) is 4.75. The van der Waals surface area contributed by atoms with Crippen LogP contribution in [-0.4, -0.2) is 30.6 Å². The number of methoxy groups -OCH3 is 1. The number of benzene rings is 2. The van der Waals surface area contributed by atoms with Crippen LogP contribution in [0.25, 0.3) is 0 Å². The topological polar surface area (TPSA) is 74.0 Å². The molecule has 1 aliphatic heterocycles. The van der Waals surface area contributed by atoms with Gasteiger partial charge in [0.1, 0.15) is 11.9 Å². The lowest BCUT2D eigenvalue weighted by Gasteiger charge is -2.50. The van der Waals surface area contributed by atoms with Gasteiger partial charge in [0.05, 0.1) is 12.0 Å². The van der Waals surface area contributed by atoms with E-state index in [4.69, 9.17) is 14.5 Å². The molecule has 6 heteroatoms. The largest absolute Gasteiger partial charge is 0.497 e. The van der Waals surface area contributed by atoms with E-state index >= 15 is 0 Å². The van der Waals surface area contributed by atoms with Gasteiger partial charge in [0, 0.05) is 35.6 Å². The van der Waals surface area contributed by atoms with E-state index < -0.39 is 0 Å². The summed E-state index contributed by atoms with van der Waals surface area (Å²) >= 11 is 0. The number of aryl methyl sites for hydroxylation is 1. The third kappa shape index (κ3) is 3.17. The lowest BCUT2D eigenvalue weighted by atomic mass is 9.55. The Morgan fingerprint density at radius 2 is 2.00 bits per heavy atom. The summed E-state index contributed by atoms with van der Waals surface area (Å²) in [6.45, 7) is 3.23. The minimum atomic E-state index is -0.372. The van der Waals surface area contributed by atoms with Crippen LogP contribution in [0.5, 0.6) is 5.75 Å². The van der Waals surface area contributed by atoms with Crippen molar-refractivity contribution in [2.24, 2.45) is 28.2 Å². The Morgan fingerprint density at radius 1 is 1.18 bits per heavy atom. The van der Waals surface area contributed by atoms with Gasteiger partial charge in [-0.1, -0.05) is 13.0 Å². The lowest BCUT2D eigenvalue weighted by molar-refractivity contribution is -0.384. The van der Waals surface area contributed by atoms with Crippen molar-refractivity contribution in [1.82, 2.24) is 0 Å². The zero-order chi connectivity index (χ0) is 22.7. The molecule has 2 aromatic rings. The molecule has 33 heavy (non-hydrogen) atoms. The summed E-state index contributed by atoms with van der Waals surface area (Å²) in [5, 5.41) is 11.0. The van der Waals surface area contributed by atoms with Crippen molar-refractivity contribution >= 4 is 11.6 Å². The Labute approximate surface area is 194 Å². The monoisotopic (exact) mass is 446 g/mol. The van der Waals surface area contributed by atoms with Crippen molar-refractivity contribution in [2.45, 2.75) is 51.0 Å². The molecule has 3 aliphatic carbocycles. The number of ether oxygens (including phenoxy) is 2. The number of nitrogens with zero attached hydrogens (tertiary/aromatic N) is 2. The molecule has 2 fully saturated rings. The van der Waals surface area contributed by atoms with Gasteiger partial charge in [0.2, 0.25) is 5.90 Å². The molecule has 6 atom stereocenters. The zero-order valence-corrected chi connectivity index (χ0v) is 19.2. The van der Waals surface area contributed by atoms with E-state index in [-0.39, 0.29) is 22.1 Å². The van der Waals surface area contributed by atoms with Crippen LogP contribution in [-0.2, 0) is 11.2 Å². The maximum Gasteiger partial charge on any atom is 0.269 e. The normalized spacial score (nSPS) is 34.1. The molecule has 0 bridgehead atoms. The van der Waals surface area contributed by atoms with E-state index in [1.54, 1.807) is 19.2 Å². The van der Waals surface area contributed by atoms with E-state index in [0.29, 0.717) is 29.6 Å². The van der Waals surface area contributed by atoms with Crippen LogP contribution in [0.4, 0.5) is 5.69 Å². The van der Waals surface area contributed by atoms with Crippen LogP contribution in [0.15, 0.2) is 47.5 Å². The van der Waals surface area contributed by atoms with Crippen LogP contribution >= 0.6 is 0 Å². The third-order valence-corrected chi connectivity index (χ3v) is 9.04. The molecule has 0 saturated heterocycles. The van der Waals surface area contributed by atoms with Gasteiger partial charge in [-0.15, -0.1) is 0 Å². The van der Waals surface area contributed by atoms with Crippen LogP contribution in [0.3, 0.4) is 0 Å². The molecule has 6 nitrogen and oxygen atoms in total. The Balaban J connectivity index is 1.25. The fraction of sp³-hybridized carbons (Fsp3) is 0.519. The second-order valence-electron chi connectivity index (χ2n) is 10.5. The summed E-state index contributed by atoms with van der Waals surface area (Å²) in [5.41, 5.74) is 4.08. The number of aliphatic imine (C=N–C) groups is 1. The van der Waals surface area contributed by atoms with E-state index in [9.17, 15) is 10.1 Å². The van der Waals surface area contributed by atoms with Gasteiger partial charge >= 0.3 is 0 Å². The van der Waals surface area contributed by atoms with Gasteiger partial charge in [-0.3, -0.25) is 15.1 Å². The van der Waals surface area contributed by atoms with E-state index in [1.807, 2.05) is 0 Å². The smallest absolute Gasteiger partial charge is 0.269 e. The van der Waals surface area contributed by atoms with E-state index in [0.717, 1.165) is 24.3 Å². The molecule has 0 N–H and O–H groups in total. The van der Waals surface area contributed by atoms with Crippen molar-refractivity contribution < 1.29 is 14.4 Å². The van der Waals surface area contributed by atoms with Crippen LogP contribution < -0.4 is 4.74 Å². The van der Waals surface area contributed by atoms with Crippen molar-refractivity contribution in [3.8, 4) is 5.75 Å². The Bertz CT molecular complexity index is 1130. The van der Waals surface area contributed by atoms with Gasteiger partial charge in [-0.25, -0.2) is 0 Å². The quantitative estimate of drug-likeness (QED) is 0.459. The van der Waals surface area contributed by atoms with Gasteiger partial charge < -0.3 is 9.47 Å². The van der Waals surface area contributed by atoms with Crippen molar-refractivity contribution in [3.05, 3.63) is 69.3 Å². The van der Waals surface area contributed by atoms with Crippen molar-refractivity contribution in [1.29, 1.82) is 0 Å². The summed E-state index contributed by atoms with van der Waals surface area (Å²) in [5.74, 6) is 4.04. The SMILES string of the molecule is COc1ccc2c(c1)CC[C@@H]1[C@@H]2CC[C@]2(C)[C@@H]3OC(c4ccc([N+](=O)[O-])cc4)=NC[C@@H]3C[C@@H]12. The van der Waals surface area contributed by atoms with Crippen LogP contribution in [0.1, 0.15) is 55.2 Å². The third-order valence-electron chi connectivity index (χ3n) is 9.04. The van der Waals surface area contributed by atoms with E-state index in [2.05, 4.69) is 25.1 Å². The average Bonchev–Trinajstić information content (AvgIpc) is 3.15. The Hall–Kier alpha value is -2.89. The highest BCUT2D eigenvalue weighted by atomic mass is 16.6. The second-order valence-corrected chi connectivity index (χ2v) is 10.5. The highest BCUT2D eigenvalue weighted by molar-refractivity contribution is 5.94. The number of fused-ring (bicyclic) bond motifs is 7. The molecule has 1 heterocycles. The van der Waals surface area contributed by atoms with Gasteiger partial charge in [-0.2, -0.15) is 0 Å². The molecule has 0 aromatic heterocycles. The molecule has 2 saturated carbocycles. The molecule has 2 aromatic carbocycles. The summed E-state index contributed by atoms with van der Waals surface area (Å²) in [7, 11) is 1.74. The fourth-order valence-corrected chi connectivity index (χ4v) is 7.46. The Morgan fingerprint density at radius 3 is 2.76 bits per heavy atom. The minimum Gasteiger partial charge on any atom is -0.497 e. The highest BCUT2D eigenvalue weighted by Gasteiger charge is 2.60. The number of rotatable bonds is 3. The second kappa shape index (κ2) is 7.57. The molecule has 0 spiro atoms. The average molecular weight is 447 g/mol. The molecule has 172 valence electrons. The molecule has 4 aliphatic rings. The predicted molar refractivity (Wildman–Crippen MR) is 126 cm³/mol. The first kappa shape index (κ1) is 20.7. The highest BCUT2D eigenvalue weighted by Crippen LogP contribution is 2.63. The van der Waals surface area contributed by atoms with E-state index in [1.165, 1.54) is 48.9 Å². The van der Waals surface area contributed by atoms with Crippen LogP contribution in [0.2, 0.25) is 0 Å². The molecular weight excluding hydrogens is 416 g/mol. The van der Waals surface area contributed by atoms with Gasteiger partial charge in [0.25, 0.3) is 5.69 Å². The first-order chi connectivity index (χ1) is 16.0. The standard InChI is InChI=1S/C27H30N2O4/c1-27-12-11-22-21-10-8-20(32-2)13-17(21)5-9-23(22)24(27)14-18-15-28-26(33-25(18)27)16-3-6-19(7-4-16)29(30)31/h3-4,6-8,10,13,18,22-25H,5,9,11-12,14-15H2,1-2H3/t18-,22+,23+,24-,25+,27-/m0/s1. The summed E-state index contributed by atoms with van der Waals surface area (Å²) in [6, 6.07) is 13.3. The van der Waals surface area contributed by atoms with Crippen molar-refractivity contribution in [2.75, 3.05) is 13.7 Å². The van der Waals surface area contributed by atoms with Gasteiger partial charge in [0.15, 0.2) is 0 Å². The van der Waals surface area contributed by atoms with Gasteiger partial charge in [-0.05, 0) is 85.3 Å². The number of non-ortho nitro benzene ring substituents is 1. The fourth-order valence-electron chi connectivity index (χ4n) is 7.46. The minimum absolute atomic E-state index is 0.0921. The molecule has 0 unspecified atom stereocenters. The van der Waals surface area contributed by atoms with Crippen molar-refractivity contribution in [3.63, 3.8) is 0 Å². The molecule has 0 amide bonds.